The zero-order valence-electron chi connectivity index (χ0n) is 11.2. The normalized spacial score (nSPS) is 13.4. The zero-order valence-corrected chi connectivity index (χ0v) is 12.8. The van der Waals surface area contributed by atoms with Crippen molar-refractivity contribution in [2.75, 3.05) is 6.54 Å². The van der Waals surface area contributed by atoms with E-state index >= 15 is 0 Å². The van der Waals surface area contributed by atoms with Crippen LogP contribution in [0.25, 0.3) is 0 Å². The van der Waals surface area contributed by atoms with Gasteiger partial charge in [-0.2, -0.15) is 0 Å². The third-order valence-corrected chi connectivity index (χ3v) is 3.50. The van der Waals surface area contributed by atoms with Gasteiger partial charge in [0.15, 0.2) is 0 Å². The molecule has 0 bridgehead atoms. The summed E-state index contributed by atoms with van der Waals surface area (Å²) in [7, 11) is 0. The van der Waals surface area contributed by atoms with Crippen LogP contribution in [0, 0.1) is 0 Å². The number of rotatable bonds is 5. The number of carbonyl (C=O) groups excluding carboxylic acids is 2. The second-order valence-corrected chi connectivity index (χ2v) is 5.23. The van der Waals surface area contributed by atoms with Crippen molar-refractivity contribution >= 4 is 35.0 Å². The van der Waals surface area contributed by atoms with Gasteiger partial charge in [0.1, 0.15) is 6.04 Å². The molecule has 0 heterocycles. The molecule has 5 nitrogen and oxygen atoms in total. The minimum Gasteiger partial charge on any atom is -0.351 e. The van der Waals surface area contributed by atoms with Gasteiger partial charge in [0.05, 0.1) is 15.6 Å². The molecule has 1 unspecified atom stereocenters. The van der Waals surface area contributed by atoms with Crippen LogP contribution in [0.4, 0.5) is 0 Å². The Morgan fingerprint density at radius 1 is 1.25 bits per heavy atom. The maximum Gasteiger partial charge on any atom is 0.253 e. The second kappa shape index (κ2) is 7.47. The highest BCUT2D eigenvalue weighted by Gasteiger charge is 2.19. The predicted octanol–water partition coefficient (Wildman–Crippen LogP) is 1.58. The summed E-state index contributed by atoms with van der Waals surface area (Å²) >= 11 is 11.8. The summed E-state index contributed by atoms with van der Waals surface area (Å²) in [6, 6.07) is 3.88. The van der Waals surface area contributed by atoms with Gasteiger partial charge in [0.2, 0.25) is 5.91 Å². The topological polar surface area (TPSA) is 84.2 Å². The maximum absolute atomic E-state index is 12.0. The van der Waals surface area contributed by atoms with E-state index in [1.807, 2.05) is 0 Å². The first-order chi connectivity index (χ1) is 9.36. The molecule has 1 rings (SSSR count). The number of nitrogens with two attached hydrogens (primary N) is 1. The second-order valence-electron chi connectivity index (χ2n) is 4.44. The summed E-state index contributed by atoms with van der Waals surface area (Å²) in [6.45, 7) is 3.68. The molecule has 0 fully saturated rings. The molecule has 2 atom stereocenters. The number of amides is 2. The van der Waals surface area contributed by atoms with E-state index in [9.17, 15) is 9.59 Å². The fourth-order valence-electron chi connectivity index (χ4n) is 1.45. The summed E-state index contributed by atoms with van der Waals surface area (Å²) in [6.07, 6.45) is 0. The Bertz CT molecular complexity index is 508. The number of hydrogen-bond donors (Lipinski definition) is 3. The Balaban J connectivity index is 2.70. The van der Waals surface area contributed by atoms with Crippen molar-refractivity contribution in [1.29, 1.82) is 0 Å². The fraction of sp³-hybridized carbons (Fsp3) is 0.385. The first-order valence-corrected chi connectivity index (χ1v) is 6.87. The van der Waals surface area contributed by atoms with Crippen LogP contribution >= 0.6 is 23.2 Å². The number of halogens is 2. The van der Waals surface area contributed by atoms with Gasteiger partial charge in [-0.1, -0.05) is 29.3 Å². The Morgan fingerprint density at radius 2 is 1.90 bits per heavy atom. The molecule has 0 aliphatic rings. The van der Waals surface area contributed by atoms with Gasteiger partial charge in [-0.05, 0) is 26.0 Å². The average Bonchev–Trinajstić information content (AvgIpc) is 2.41. The van der Waals surface area contributed by atoms with Gasteiger partial charge in [-0.25, -0.2) is 0 Å². The monoisotopic (exact) mass is 317 g/mol. The lowest BCUT2D eigenvalue weighted by atomic mass is 10.2. The van der Waals surface area contributed by atoms with Gasteiger partial charge in [-0.3, -0.25) is 9.59 Å². The Morgan fingerprint density at radius 3 is 2.50 bits per heavy atom. The van der Waals surface area contributed by atoms with E-state index in [0.717, 1.165) is 0 Å². The molecule has 20 heavy (non-hydrogen) atoms. The highest BCUT2D eigenvalue weighted by Crippen LogP contribution is 2.25. The number of benzene rings is 1. The van der Waals surface area contributed by atoms with Crippen molar-refractivity contribution in [2.45, 2.75) is 25.9 Å². The van der Waals surface area contributed by atoms with E-state index in [1.165, 1.54) is 6.07 Å². The van der Waals surface area contributed by atoms with Crippen molar-refractivity contribution in [2.24, 2.45) is 5.73 Å². The van der Waals surface area contributed by atoms with E-state index < -0.39 is 11.9 Å². The minimum atomic E-state index is -0.702. The minimum absolute atomic E-state index is 0.156. The molecule has 0 saturated heterocycles. The predicted molar refractivity (Wildman–Crippen MR) is 80.0 cm³/mol. The van der Waals surface area contributed by atoms with Crippen LogP contribution in [0.2, 0.25) is 10.0 Å². The van der Waals surface area contributed by atoms with Crippen molar-refractivity contribution in [3.63, 3.8) is 0 Å². The third-order valence-electron chi connectivity index (χ3n) is 2.68. The summed E-state index contributed by atoms with van der Waals surface area (Å²) in [5.74, 6) is -0.769. The van der Waals surface area contributed by atoms with Crippen molar-refractivity contribution < 1.29 is 9.59 Å². The Labute approximate surface area is 127 Å². The molecule has 4 N–H and O–H groups in total. The van der Waals surface area contributed by atoms with Gasteiger partial charge < -0.3 is 16.4 Å². The van der Waals surface area contributed by atoms with Gasteiger partial charge >= 0.3 is 0 Å². The van der Waals surface area contributed by atoms with Crippen molar-refractivity contribution in [1.82, 2.24) is 10.6 Å². The van der Waals surface area contributed by atoms with Crippen molar-refractivity contribution in [3.05, 3.63) is 33.8 Å². The summed E-state index contributed by atoms with van der Waals surface area (Å²) < 4.78 is 0. The SMILES string of the molecule is CC(NC(=O)c1cccc(Cl)c1Cl)C(=O)N[C@@H](C)CN. The van der Waals surface area contributed by atoms with Crippen LogP contribution in [0.15, 0.2) is 18.2 Å². The lowest BCUT2D eigenvalue weighted by Crippen LogP contribution is -2.49. The van der Waals surface area contributed by atoms with Crippen LogP contribution < -0.4 is 16.4 Å². The van der Waals surface area contributed by atoms with Crippen LogP contribution in [-0.2, 0) is 4.79 Å². The average molecular weight is 318 g/mol. The smallest absolute Gasteiger partial charge is 0.253 e. The van der Waals surface area contributed by atoms with E-state index in [2.05, 4.69) is 10.6 Å². The van der Waals surface area contributed by atoms with Crippen LogP contribution in [0.5, 0.6) is 0 Å². The van der Waals surface area contributed by atoms with Gasteiger partial charge in [0.25, 0.3) is 5.91 Å². The molecule has 0 aliphatic heterocycles. The molecular weight excluding hydrogens is 301 g/mol. The number of hydrogen-bond acceptors (Lipinski definition) is 3. The van der Waals surface area contributed by atoms with Gasteiger partial charge in [-0.15, -0.1) is 0 Å². The first-order valence-electron chi connectivity index (χ1n) is 6.12. The molecule has 0 radical (unpaired) electrons. The van der Waals surface area contributed by atoms with Crippen LogP contribution in [0.3, 0.4) is 0 Å². The first kappa shape index (κ1) is 16.8. The standard InChI is InChI=1S/C13H17Cl2N3O2/c1-7(6-16)17-12(19)8(2)18-13(20)9-4-3-5-10(14)11(9)15/h3-5,7-8H,6,16H2,1-2H3,(H,17,19)(H,18,20)/t7-,8?/m0/s1. The molecule has 1 aromatic rings. The van der Waals surface area contributed by atoms with Crippen molar-refractivity contribution in [3.8, 4) is 0 Å². The largest absolute Gasteiger partial charge is 0.351 e. The van der Waals surface area contributed by atoms with Crippen LogP contribution in [0.1, 0.15) is 24.2 Å². The molecule has 0 saturated carbocycles. The highest BCUT2D eigenvalue weighted by atomic mass is 35.5. The number of nitrogens with one attached hydrogen (secondary N) is 2. The van der Waals surface area contributed by atoms with Gasteiger partial charge in [0, 0.05) is 12.6 Å². The Kier molecular flexibility index (Phi) is 6.26. The maximum atomic E-state index is 12.0. The molecule has 110 valence electrons. The molecule has 2 amide bonds. The van der Waals surface area contributed by atoms with E-state index in [4.69, 9.17) is 28.9 Å². The summed E-state index contributed by atoms with van der Waals surface area (Å²) in [4.78, 5) is 23.8. The van der Waals surface area contributed by atoms with E-state index in [1.54, 1.807) is 26.0 Å². The summed E-state index contributed by atoms with van der Waals surface area (Å²) in [5, 5.41) is 5.68. The Hall–Kier alpha value is -1.30. The molecule has 0 aliphatic carbocycles. The number of carbonyl (C=O) groups is 2. The van der Waals surface area contributed by atoms with Crippen LogP contribution in [-0.4, -0.2) is 30.4 Å². The molecule has 7 heteroatoms. The molecule has 1 aromatic carbocycles. The fourth-order valence-corrected chi connectivity index (χ4v) is 1.83. The lowest BCUT2D eigenvalue weighted by Gasteiger charge is -2.17. The molecular formula is C13H17Cl2N3O2. The van der Waals surface area contributed by atoms with E-state index in [-0.39, 0.29) is 27.6 Å². The molecule has 0 aromatic heterocycles. The zero-order chi connectivity index (χ0) is 15.3. The third kappa shape index (κ3) is 4.37. The quantitative estimate of drug-likeness (QED) is 0.770. The lowest BCUT2D eigenvalue weighted by molar-refractivity contribution is -0.123. The summed E-state index contributed by atoms with van der Waals surface area (Å²) in [5.41, 5.74) is 5.64. The van der Waals surface area contributed by atoms with E-state index in [0.29, 0.717) is 6.54 Å². The highest BCUT2D eigenvalue weighted by molar-refractivity contribution is 6.43. The molecule has 0 spiro atoms.